The van der Waals surface area contributed by atoms with Gasteiger partial charge in [0, 0.05) is 6.42 Å². The molecule has 0 saturated carbocycles. The minimum atomic E-state index is 0.190. The van der Waals surface area contributed by atoms with Crippen LogP contribution in [0, 0.1) is 5.92 Å². The molecule has 2 nitrogen and oxygen atoms in total. The van der Waals surface area contributed by atoms with Gasteiger partial charge in [0.25, 0.3) is 0 Å². The van der Waals surface area contributed by atoms with Gasteiger partial charge in [-0.15, -0.1) is 0 Å². The summed E-state index contributed by atoms with van der Waals surface area (Å²) < 4.78 is 5.48. The van der Waals surface area contributed by atoms with Crippen molar-refractivity contribution in [2.75, 3.05) is 6.61 Å². The zero-order valence-corrected chi connectivity index (χ0v) is 11.0. The van der Waals surface area contributed by atoms with E-state index < -0.39 is 0 Å². The number of Topliss-reactive ketones (excluding diaryl/α,β-unsaturated/α-hetero) is 1. The third-order valence-corrected chi connectivity index (χ3v) is 2.80. The molecule has 0 spiro atoms. The molecule has 0 fully saturated rings. The lowest BCUT2D eigenvalue weighted by Crippen LogP contribution is -2.08. The van der Waals surface area contributed by atoms with E-state index in [1.165, 1.54) is 0 Å². The summed E-state index contributed by atoms with van der Waals surface area (Å²) in [6.07, 6.45) is 2.84. The van der Waals surface area contributed by atoms with Crippen molar-refractivity contribution in [2.24, 2.45) is 5.92 Å². The van der Waals surface area contributed by atoms with Gasteiger partial charge in [-0.3, -0.25) is 4.79 Å². The van der Waals surface area contributed by atoms with Gasteiger partial charge in [-0.05, 0) is 25.0 Å². The molecule has 0 bridgehead atoms. The van der Waals surface area contributed by atoms with Crippen LogP contribution in [0.3, 0.4) is 0 Å². The van der Waals surface area contributed by atoms with Crippen LogP contribution < -0.4 is 4.74 Å². The molecule has 1 rings (SSSR count). The number of ether oxygens (including phenoxy) is 1. The van der Waals surface area contributed by atoms with Crippen LogP contribution in [0.1, 0.15) is 50.4 Å². The molecule has 17 heavy (non-hydrogen) atoms. The average molecular weight is 234 g/mol. The van der Waals surface area contributed by atoms with Gasteiger partial charge < -0.3 is 4.74 Å². The summed E-state index contributed by atoms with van der Waals surface area (Å²) in [7, 11) is 0. The summed E-state index contributed by atoms with van der Waals surface area (Å²) in [5.41, 5.74) is 0.720. The Kier molecular flexibility index (Phi) is 5.75. The first-order valence-corrected chi connectivity index (χ1v) is 6.44. The molecule has 1 aromatic carbocycles. The van der Waals surface area contributed by atoms with Crippen molar-refractivity contribution >= 4 is 5.78 Å². The fourth-order valence-corrected chi connectivity index (χ4v) is 2.00. The van der Waals surface area contributed by atoms with Crippen molar-refractivity contribution < 1.29 is 9.53 Å². The van der Waals surface area contributed by atoms with E-state index >= 15 is 0 Å². The van der Waals surface area contributed by atoms with E-state index in [0.29, 0.717) is 24.7 Å². The highest BCUT2D eigenvalue weighted by Gasteiger charge is 2.14. The summed E-state index contributed by atoms with van der Waals surface area (Å²) in [5.74, 6) is 1.35. The van der Waals surface area contributed by atoms with Gasteiger partial charge in [0.05, 0.1) is 12.2 Å². The Labute approximate surface area is 104 Å². The summed E-state index contributed by atoms with van der Waals surface area (Å²) in [6.45, 7) is 6.80. The molecule has 0 N–H and O–H groups in total. The van der Waals surface area contributed by atoms with Gasteiger partial charge in [0.1, 0.15) is 5.75 Å². The molecule has 1 aromatic rings. The third kappa shape index (κ3) is 4.22. The smallest absolute Gasteiger partial charge is 0.166 e. The van der Waals surface area contributed by atoms with Crippen LogP contribution in [-0.4, -0.2) is 12.4 Å². The number of hydrogen-bond donors (Lipinski definition) is 0. The van der Waals surface area contributed by atoms with E-state index in [0.717, 1.165) is 18.4 Å². The number of para-hydroxylation sites is 1. The Morgan fingerprint density at radius 3 is 2.65 bits per heavy atom. The van der Waals surface area contributed by atoms with Crippen LogP contribution in [0.25, 0.3) is 0 Å². The van der Waals surface area contributed by atoms with Crippen LogP contribution in [-0.2, 0) is 0 Å². The predicted molar refractivity (Wildman–Crippen MR) is 70.6 cm³/mol. The van der Waals surface area contributed by atoms with Gasteiger partial charge >= 0.3 is 0 Å². The lowest BCUT2D eigenvalue weighted by atomic mass is 9.96. The van der Waals surface area contributed by atoms with E-state index in [1.54, 1.807) is 0 Å². The molecule has 0 aromatic heterocycles. The molecule has 0 saturated heterocycles. The van der Waals surface area contributed by atoms with Gasteiger partial charge in [0.15, 0.2) is 5.78 Å². The minimum absolute atomic E-state index is 0.190. The highest BCUT2D eigenvalue weighted by atomic mass is 16.5. The lowest BCUT2D eigenvalue weighted by molar-refractivity contribution is 0.0959. The van der Waals surface area contributed by atoms with Crippen LogP contribution in [0.4, 0.5) is 0 Å². The second kappa shape index (κ2) is 7.10. The lowest BCUT2D eigenvalue weighted by Gasteiger charge is -2.12. The number of benzene rings is 1. The summed E-state index contributed by atoms with van der Waals surface area (Å²) >= 11 is 0. The number of rotatable bonds is 7. The number of carbonyl (C=O) groups is 1. The van der Waals surface area contributed by atoms with E-state index in [1.807, 2.05) is 31.2 Å². The first-order chi connectivity index (χ1) is 8.19. The normalized spacial score (nSPS) is 12.2. The third-order valence-electron chi connectivity index (χ3n) is 2.80. The Morgan fingerprint density at radius 2 is 2.00 bits per heavy atom. The Hall–Kier alpha value is -1.31. The Morgan fingerprint density at radius 1 is 1.29 bits per heavy atom. The maximum atomic E-state index is 12.1. The van der Waals surface area contributed by atoms with Crippen LogP contribution >= 0.6 is 0 Å². The van der Waals surface area contributed by atoms with Crippen LogP contribution in [0.15, 0.2) is 24.3 Å². The molecular formula is C15H22O2. The van der Waals surface area contributed by atoms with E-state index in [2.05, 4.69) is 13.8 Å². The van der Waals surface area contributed by atoms with Crippen molar-refractivity contribution in [1.82, 2.24) is 0 Å². The maximum Gasteiger partial charge on any atom is 0.166 e. The van der Waals surface area contributed by atoms with Crippen molar-refractivity contribution in [3.05, 3.63) is 29.8 Å². The molecular weight excluding hydrogens is 212 g/mol. The first kappa shape index (κ1) is 13.8. The number of ketones is 1. The second-order valence-electron chi connectivity index (χ2n) is 4.45. The maximum absolute atomic E-state index is 12.1. The summed E-state index contributed by atoms with van der Waals surface area (Å²) in [5, 5.41) is 0. The SMILES string of the molecule is CCCC(C)CC(=O)c1ccccc1OCC. The minimum Gasteiger partial charge on any atom is -0.493 e. The standard InChI is InChI=1S/C15H22O2/c1-4-8-12(3)11-14(16)13-9-6-7-10-15(13)17-5-2/h6-7,9-10,12H,4-5,8,11H2,1-3H3. The quantitative estimate of drug-likeness (QED) is 0.664. The van der Waals surface area contributed by atoms with Crippen molar-refractivity contribution in [1.29, 1.82) is 0 Å². The molecule has 0 amide bonds. The fraction of sp³-hybridized carbons (Fsp3) is 0.533. The van der Waals surface area contributed by atoms with E-state index in [-0.39, 0.29) is 5.78 Å². The largest absolute Gasteiger partial charge is 0.493 e. The van der Waals surface area contributed by atoms with Gasteiger partial charge in [-0.25, -0.2) is 0 Å². The highest BCUT2D eigenvalue weighted by Crippen LogP contribution is 2.22. The molecule has 1 atom stereocenters. The molecule has 0 aliphatic heterocycles. The predicted octanol–water partition coefficient (Wildman–Crippen LogP) is 4.09. The van der Waals surface area contributed by atoms with Crippen LogP contribution in [0.5, 0.6) is 5.75 Å². The monoisotopic (exact) mass is 234 g/mol. The van der Waals surface area contributed by atoms with Crippen molar-refractivity contribution in [3.8, 4) is 5.75 Å². The molecule has 2 heteroatoms. The van der Waals surface area contributed by atoms with Crippen molar-refractivity contribution in [3.63, 3.8) is 0 Å². The average Bonchev–Trinajstić information content (AvgIpc) is 2.30. The number of hydrogen-bond acceptors (Lipinski definition) is 2. The Bertz CT molecular complexity index is 358. The van der Waals surface area contributed by atoms with E-state index in [9.17, 15) is 4.79 Å². The molecule has 0 aliphatic rings. The van der Waals surface area contributed by atoms with E-state index in [4.69, 9.17) is 4.74 Å². The summed E-state index contributed by atoms with van der Waals surface area (Å²) in [6, 6.07) is 7.50. The first-order valence-electron chi connectivity index (χ1n) is 6.44. The highest BCUT2D eigenvalue weighted by molar-refractivity contribution is 5.98. The van der Waals surface area contributed by atoms with Crippen molar-refractivity contribution in [2.45, 2.75) is 40.0 Å². The molecule has 1 unspecified atom stereocenters. The molecule has 94 valence electrons. The second-order valence-corrected chi connectivity index (χ2v) is 4.45. The van der Waals surface area contributed by atoms with Gasteiger partial charge in [-0.1, -0.05) is 38.8 Å². The zero-order valence-electron chi connectivity index (χ0n) is 11.0. The van der Waals surface area contributed by atoms with Crippen LogP contribution in [0.2, 0.25) is 0 Å². The molecule has 0 radical (unpaired) electrons. The molecule has 0 aliphatic carbocycles. The molecule has 0 heterocycles. The van der Waals surface area contributed by atoms with Gasteiger partial charge in [0.2, 0.25) is 0 Å². The Balaban J connectivity index is 2.74. The zero-order chi connectivity index (χ0) is 12.7. The topological polar surface area (TPSA) is 26.3 Å². The summed E-state index contributed by atoms with van der Waals surface area (Å²) in [4.78, 5) is 12.1. The fourth-order valence-electron chi connectivity index (χ4n) is 2.00. The number of carbonyl (C=O) groups excluding carboxylic acids is 1. The van der Waals surface area contributed by atoms with Gasteiger partial charge in [-0.2, -0.15) is 0 Å².